The predicted octanol–water partition coefficient (Wildman–Crippen LogP) is 14.9. The Morgan fingerprint density at radius 3 is 1.66 bits per heavy atom. The third-order valence-corrected chi connectivity index (χ3v) is 10.2. The normalized spacial score (nSPS) is 15.2. The van der Waals surface area contributed by atoms with Crippen molar-refractivity contribution < 1.29 is 22.2 Å². The average Bonchev–Trinajstić information content (AvgIpc) is 3.71. The first-order chi connectivity index (χ1) is 31.7. The lowest BCUT2D eigenvalue weighted by Crippen LogP contribution is -1.92. The zero-order chi connectivity index (χ0) is 46.2. The van der Waals surface area contributed by atoms with E-state index in [0.29, 0.717) is 16.5 Å². The van der Waals surface area contributed by atoms with Crippen LogP contribution in [0.5, 0.6) is 0 Å². The topological polar surface area (TPSA) is 13.1 Å². The van der Waals surface area contributed by atoms with Crippen LogP contribution < -0.4 is 0 Å². The van der Waals surface area contributed by atoms with Crippen molar-refractivity contribution in [3.05, 3.63) is 194 Å². The molecule has 0 radical (unpaired) electrons. The lowest BCUT2D eigenvalue weighted by Gasteiger charge is -2.19. The Labute approximate surface area is 325 Å². The largest absolute Gasteiger partial charge is 0.456 e. The van der Waals surface area contributed by atoms with E-state index in [2.05, 4.69) is 36.4 Å². The van der Waals surface area contributed by atoms with Crippen LogP contribution in [0.3, 0.4) is 0 Å². The molecule has 0 aliphatic rings. The Morgan fingerprint density at radius 2 is 0.906 bits per heavy atom. The Hall–Kier alpha value is -6.96. The Bertz CT molecular complexity index is 3880. The molecule has 1 aromatic heterocycles. The highest BCUT2D eigenvalue weighted by molar-refractivity contribution is 6.24. The highest BCUT2D eigenvalue weighted by Crippen LogP contribution is 2.46. The number of hydrogen-bond acceptors (Lipinski definition) is 1. The van der Waals surface area contributed by atoms with Crippen LogP contribution in [0.25, 0.3) is 110 Å². The first-order valence-electron chi connectivity index (χ1n) is 23.7. The second-order valence-corrected chi connectivity index (χ2v) is 13.0. The minimum Gasteiger partial charge on any atom is -0.456 e. The SMILES string of the molecule is [2H]c1c([2H])c([2H])c(-c2c3c([2H])c([2H])c([2H])c([2H])c3c(-c3ccc(-c4ccc5c(c4)oc4ccc(-c6ccc7ccccc7c6)cc45)c4ccccc34)c3c([2H])c([2H])c([2H])c([2H])c23)c([2H])c1[2H]. The van der Waals surface area contributed by atoms with Crippen LogP contribution in [-0.2, 0) is 0 Å². The number of benzene rings is 10. The van der Waals surface area contributed by atoms with Crippen molar-refractivity contribution in [3.8, 4) is 44.5 Å². The van der Waals surface area contributed by atoms with Crippen molar-refractivity contribution in [1.82, 2.24) is 0 Å². The van der Waals surface area contributed by atoms with Gasteiger partial charge in [0.05, 0.1) is 17.8 Å². The lowest BCUT2D eigenvalue weighted by atomic mass is 9.84. The van der Waals surface area contributed by atoms with E-state index in [-0.39, 0.29) is 32.7 Å². The molecule has 11 aromatic rings. The quantitative estimate of drug-likeness (QED) is 0.168. The Kier molecular flexibility index (Phi) is 4.36. The predicted molar refractivity (Wildman–Crippen MR) is 225 cm³/mol. The summed E-state index contributed by atoms with van der Waals surface area (Å²) in [6.07, 6.45) is 0. The van der Waals surface area contributed by atoms with Crippen LogP contribution in [0.4, 0.5) is 0 Å². The second kappa shape index (κ2) is 11.8. The van der Waals surface area contributed by atoms with Gasteiger partial charge in [-0.15, -0.1) is 0 Å². The zero-order valence-corrected chi connectivity index (χ0v) is 27.9. The molecule has 0 fully saturated rings. The van der Waals surface area contributed by atoms with Crippen LogP contribution in [0.1, 0.15) is 17.8 Å². The van der Waals surface area contributed by atoms with Gasteiger partial charge in [-0.05, 0) is 118 Å². The summed E-state index contributed by atoms with van der Waals surface area (Å²) < 4.78 is 122. The molecule has 10 aromatic carbocycles. The van der Waals surface area contributed by atoms with Crippen molar-refractivity contribution in [2.24, 2.45) is 0 Å². The summed E-state index contributed by atoms with van der Waals surface area (Å²) in [5.41, 5.74) is 4.83. The fraction of sp³-hybridized carbons (Fsp3) is 0. The van der Waals surface area contributed by atoms with E-state index in [1.165, 1.54) is 0 Å². The summed E-state index contributed by atoms with van der Waals surface area (Å²) >= 11 is 0. The Morgan fingerprint density at radius 1 is 0.321 bits per heavy atom. The molecule has 0 saturated carbocycles. The Balaban J connectivity index is 1.18. The molecule has 0 amide bonds. The van der Waals surface area contributed by atoms with Gasteiger partial charge in [-0.3, -0.25) is 0 Å². The fourth-order valence-electron chi connectivity index (χ4n) is 7.78. The molecule has 0 N–H and O–H groups in total. The zero-order valence-electron chi connectivity index (χ0n) is 40.9. The molecule has 11 rings (SSSR count). The molecule has 53 heavy (non-hydrogen) atoms. The molecule has 0 unspecified atom stereocenters. The minimum atomic E-state index is -0.716. The molecule has 0 bridgehead atoms. The number of rotatable bonds is 4. The van der Waals surface area contributed by atoms with Gasteiger partial charge in [-0.1, -0.05) is 163 Å². The van der Waals surface area contributed by atoms with Gasteiger partial charge in [0.15, 0.2) is 0 Å². The number of hydrogen-bond donors (Lipinski definition) is 0. The van der Waals surface area contributed by atoms with E-state index in [4.69, 9.17) is 16.8 Å². The van der Waals surface area contributed by atoms with E-state index < -0.39 is 84.1 Å². The van der Waals surface area contributed by atoms with E-state index in [0.717, 1.165) is 54.8 Å². The monoisotopic (exact) mass is 685 g/mol. The molecule has 0 spiro atoms. The van der Waals surface area contributed by atoms with Crippen LogP contribution in [0.2, 0.25) is 0 Å². The maximum Gasteiger partial charge on any atom is 0.136 e. The third-order valence-electron chi connectivity index (χ3n) is 10.2. The molecule has 0 saturated heterocycles. The number of furan rings is 1. The van der Waals surface area contributed by atoms with Gasteiger partial charge in [0.2, 0.25) is 0 Å². The molecule has 0 atom stereocenters. The lowest BCUT2D eigenvalue weighted by molar-refractivity contribution is 0.669. The average molecular weight is 686 g/mol. The molecule has 0 aliphatic carbocycles. The number of fused-ring (bicyclic) bond motifs is 7. The summed E-state index contributed by atoms with van der Waals surface area (Å²) in [5.74, 6) is 0. The van der Waals surface area contributed by atoms with Gasteiger partial charge >= 0.3 is 0 Å². The summed E-state index contributed by atoms with van der Waals surface area (Å²) in [4.78, 5) is 0. The first kappa shape index (κ1) is 19.6. The maximum absolute atomic E-state index is 9.41. The van der Waals surface area contributed by atoms with E-state index >= 15 is 0 Å². The van der Waals surface area contributed by atoms with Crippen LogP contribution in [0, 0.1) is 0 Å². The van der Waals surface area contributed by atoms with Gasteiger partial charge in [-0.25, -0.2) is 0 Å². The van der Waals surface area contributed by atoms with Crippen molar-refractivity contribution in [2.75, 3.05) is 0 Å². The highest BCUT2D eigenvalue weighted by Gasteiger charge is 2.19. The summed E-state index contributed by atoms with van der Waals surface area (Å²) in [5, 5.41) is 4.75. The van der Waals surface area contributed by atoms with Crippen molar-refractivity contribution in [3.63, 3.8) is 0 Å². The molecule has 246 valence electrons. The standard InChI is InChI=1S/C52H32O/c1-2-13-34(14-3-1)51-43-18-8-10-20-45(43)52(46-21-11-9-19-44(46)51)47-28-27-39(40-16-6-7-17-41(40)47)38-24-26-42-48-31-37(25-29-49(48)53-50(42)32-38)36-23-22-33-12-4-5-15-35(33)30-36/h1-32H/i1D,2D,3D,8D,9D,10D,11D,13D,14D,18D,19D,20D,21D. The van der Waals surface area contributed by atoms with Gasteiger partial charge in [0, 0.05) is 10.8 Å². The molecule has 1 heteroatoms. The van der Waals surface area contributed by atoms with Crippen LogP contribution >= 0.6 is 0 Å². The van der Waals surface area contributed by atoms with Gasteiger partial charge in [0.1, 0.15) is 11.2 Å². The first-order valence-corrected chi connectivity index (χ1v) is 17.2. The molecule has 1 nitrogen and oxygen atoms in total. The van der Waals surface area contributed by atoms with Gasteiger partial charge in [-0.2, -0.15) is 0 Å². The minimum absolute atomic E-state index is 0.0767. The van der Waals surface area contributed by atoms with Crippen LogP contribution in [0.15, 0.2) is 198 Å². The van der Waals surface area contributed by atoms with E-state index in [1.54, 1.807) is 12.1 Å². The summed E-state index contributed by atoms with van der Waals surface area (Å²) in [7, 11) is 0. The molecular formula is C52H32O. The molecular weight excluding hydrogens is 641 g/mol. The smallest absolute Gasteiger partial charge is 0.136 e. The third kappa shape index (κ3) is 4.71. The fourth-order valence-corrected chi connectivity index (χ4v) is 7.78. The molecule has 1 heterocycles. The van der Waals surface area contributed by atoms with E-state index in [1.807, 2.05) is 66.7 Å². The van der Waals surface area contributed by atoms with E-state index in [9.17, 15) is 5.48 Å². The van der Waals surface area contributed by atoms with Crippen LogP contribution in [-0.4, -0.2) is 0 Å². The van der Waals surface area contributed by atoms with Crippen molar-refractivity contribution >= 4 is 65.0 Å². The summed E-state index contributed by atoms with van der Waals surface area (Å²) in [6, 6.07) is 29.5. The second-order valence-electron chi connectivity index (χ2n) is 13.0. The van der Waals surface area contributed by atoms with Gasteiger partial charge in [0.25, 0.3) is 0 Å². The van der Waals surface area contributed by atoms with Gasteiger partial charge < -0.3 is 4.42 Å². The summed E-state index contributed by atoms with van der Waals surface area (Å²) in [6.45, 7) is 0. The van der Waals surface area contributed by atoms with Crippen molar-refractivity contribution in [1.29, 1.82) is 0 Å². The van der Waals surface area contributed by atoms with Crippen molar-refractivity contribution in [2.45, 2.75) is 0 Å². The maximum atomic E-state index is 9.41. The highest BCUT2D eigenvalue weighted by atomic mass is 16.3. The molecule has 0 aliphatic heterocycles.